The molecule has 11 heteroatoms. The van der Waals surface area contributed by atoms with Gasteiger partial charge in [0.05, 0.1) is 5.75 Å². The first-order valence-electron chi connectivity index (χ1n) is 11.2. The number of aryl methyl sites for hydroxylation is 1. The zero-order valence-electron chi connectivity index (χ0n) is 20.4. The number of amides is 1. The van der Waals surface area contributed by atoms with Gasteiger partial charge in [0.1, 0.15) is 11.6 Å². The number of ether oxygens (including phenoxy) is 2. The number of halogens is 2. The molecule has 3 aromatic carbocycles. The zero-order valence-corrected chi connectivity index (χ0v) is 21.2. The van der Waals surface area contributed by atoms with Gasteiger partial charge in [-0.05, 0) is 60.0 Å². The fraction of sp³-hybridized carbons (Fsp3) is 0.148. The lowest BCUT2D eigenvalue weighted by atomic mass is 10.1. The van der Waals surface area contributed by atoms with Crippen LogP contribution in [0.15, 0.2) is 66.1 Å². The molecule has 198 valence electrons. The highest BCUT2D eigenvalue weighted by molar-refractivity contribution is 7.94. The Bertz CT molecular complexity index is 1480. The molecule has 3 aromatic rings. The Kier molecular flexibility index (Phi) is 9.08. The van der Waals surface area contributed by atoms with Gasteiger partial charge in [0.15, 0.2) is 21.3 Å². The molecule has 0 atom stereocenters. The first-order valence-corrected chi connectivity index (χ1v) is 12.9. The highest BCUT2D eigenvalue weighted by atomic mass is 32.2. The van der Waals surface area contributed by atoms with E-state index in [1.54, 1.807) is 24.3 Å². The van der Waals surface area contributed by atoms with E-state index in [0.717, 1.165) is 17.5 Å². The average Bonchev–Trinajstić information content (AvgIpc) is 2.82. The normalized spacial score (nSPS) is 11.3. The van der Waals surface area contributed by atoms with E-state index in [0.29, 0.717) is 22.9 Å². The largest absolute Gasteiger partial charge is 0.423 e. The number of hydrogen-bond acceptors (Lipinski definition) is 7. The topological polar surface area (TPSA) is 116 Å². The maximum atomic E-state index is 13.3. The summed E-state index contributed by atoms with van der Waals surface area (Å²) >= 11 is 0. The number of nitrogens with one attached hydrogen (secondary N) is 1. The summed E-state index contributed by atoms with van der Waals surface area (Å²) in [6, 6.07) is 13.1. The molecule has 3 rings (SSSR count). The van der Waals surface area contributed by atoms with Crippen LogP contribution in [0.25, 0.3) is 6.08 Å². The summed E-state index contributed by atoms with van der Waals surface area (Å²) in [5, 5.41) is 3.55. The van der Waals surface area contributed by atoms with Crippen LogP contribution in [-0.4, -0.2) is 32.0 Å². The molecule has 0 spiro atoms. The van der Waals surface area contributed by atoms with Crippen molar-refractivity contribution in [3.63, 3.8) is 0 Å². The number of esters is 2. The van der Waals surface area contributed by atoms with E-state index < -0.39 is 39.3 Å². The number of hydrogen-bond donors (Lipinski definition) is 1. The van der Waals surface area contributed by atoms with Gasteiger partial charge < -0.3 is 14.8 Å². The molecule has 0 bridgehead atoms. The molecular formula is C27H23F2NO7S. The molecular weight excluding hydrogens is 520 g/mol. The second kappa shape index (κ2) is 12.2. The molecule has 0 unspecified atom stereocenters. The summed E-state index contributed by atoms with van der Waals surface area (Å²) in [6.07, 6.45) is 1.51. The minimum atomic E-state index is -3.63. The standard InChI is InChI=1S/C27H23F2NO7S/c1-17(31)36-25-8-5-20(13-26(25)37-18(2)32)10-12-38(34,35)11-9-19-3-6-24(7-4-19)30-27(33)21-14-22(28)16-23(29)15-21/h3-8,10,12-16H,9,11H2,1-2H3,(H,30,33)/b12-10+. The summed E-state index contributed by atoms with van der Waals surface area (Å²) in [5.41, 5.74) is 1.27. The van der Waals surface area contributed by atoms with Gasteiger partial charge in [0, 0.05) is 36.6 Å². The van der Waals surface area contributed by atoms with Gasteiger partial charge >= 0.3 is 11.9 Å². The van der Waals surface area contributed by atoms with Crippen LogP contribution in [0, 0.1) is 11.6 Å². The van der Waals surface area contributed by atoms with Crippen LogP contribution in [0.2, 0.25) is 0 Å². The molecule has 0 saturated carbocycles. The highest BCUT2D eigenvalue weighted by Gasteiger charge is 2.13. The molecule has 0 aliphatic carbocycles. The van der Waals surface area contributed by atoms with E-state index in [1.165, 1.54) is 38.1 Å². The maximum absolute atomic E-state index is 13.3. The third-order valence-electron chi connectivity index (χ3n) is 4.95. The highest BCUT2D eigenvalue weighted by Crippen LogP contribution is 2.29. The van der Waals surface area contributed by atoms with Crippen LogP contribution in [0.3, 0.4) is 0 Å². The Morgan fingerprint density at radius 1 is 0.842 bits per heavy atom. The van der Waals surface area contributed by atoms with Crippen LogP contribution < -0.4 is 14.8 Å². The van der Waals surface area contributed by atoms with Crippen LogP contribution in [-0.2, 0) is 25.8 Å². The lowest BCUT2D eigenvalue weighted by molar-refractivity contribution is -0.134. The third kappa shape index (κ3) is 8.63. The van der Waals surface area contributed by atoms with Crippen LogP contribution in [0.4, 0.5) is 14.5 Å². The molecule has 8 nitrogen and oxygen atoms in total. The van der Waals surface area contributed by atoms with Crippen LogP contribution in [0.1, 0.15) is 35.3 Å². The lowest BCUT2D eigenvalue weighted by Crippen LogP contribution is -2.12. The van der Waals surface area contributed by atoms with Gasteiger partial charge in [-0.15, -0.1) is 0 Å². The van der Waals surface area contributed by atoms with Gasteiger partial charge in [-0.2, -0.15) is 0 Å². The van der Waals surface area contributed by atoms with Crippen LogP contribution in [0.5, 0.6) is 11.5 Å². The fourth-order valence-electron chi connectivity index (χ4n) is 3.26. The molecule has 0 saturated heterocycles. The summed E-state index contributed by atoms with van der Waals surface area (Å²) in [6.45, 7) is 2.37. The molecule has 0 aliphatic rings. The molecule has 1 amide bonds. The van der Waals surface area contributed by atoms with Crippen molar-refractivity contribution < 1.29 is 41.1 Å². The Morgan fingerprint density at radius 2 is 1.45 bits per heavy atom. The van der Waals surface area contributed by atoms with E-state index in [4.69, 9.17) is 9.47 Å². The van der Waals surface area contributed by atoms with E-state index in [-0.39, 0.29) is 29.2 Å². The third-order valence-corrected chi connectivity index (χ3v) is 6.28. The van der Waals surface area contributed by atoms with Gasteiger partial charge in [-0.1, -0.05) is 18.2 Å². The van der Waals surface area contributed by atoms with Gasteiger partial charge in [0.2, 0.25) is 0 Å². The van der Waals surface area contributed by atoms with Crippen molar-refractivity contribution in [3.05, 3.63) is 94.4 Å². The first kappa shape index (κ1) is 28.2. The van der Waals surface area contributed by atoms with Crippen molar-refractivity contribution in [2.45, 2.75) is 20.3 Å². The van der Waals surface area contributed by atoms with E-state index in [2.05, 4.69) is 5.32 Å². The Balaban J connectivity index is 1.61. The second-order valence-electron chi connectivity index (χ2n) is 8.12. The number of rotatable bonds is 9. The lowest BCUT2D eigenvalue weighted by Gasteiger charge is -2.09. The van der Waals surface area contributed by atoms with E-state index >= 15 is 0 Å². The first-order chi connectivity index (χ1) is 17.9. The Hall–Kier alpha value is -4.38. The van der Waals surface area contributed by atoms with Crippen molar-refractivity contribution in [1.82, 2.24) is 0 Å². The molecule has 0 heterocycles. The molecule has 0 radical (unpaired) electrons. The summed E-state index contributed by atoms with van der Waals surface area (Å²) in [7, 11) is -3.63. The molecule has 0 aliphatic heterocycles. The van der Waals surface area contributed by atoms with Gasteiger partial charge in [-0.25, -0.2) is 17.2 Å². The van der Waals surface area contributed by atoms with Crippen molar-refractivity contribution in [2.75, 3.05) is 11.1 Å². The van der Waals surface area contributed by atoms with E-state index in [1.807, 2.05) is 0 Å². The zero-order chi connectivity index (χ0) is 27.9. The summed E-state index contributed by atoms with van der Waals surface area (Å²) in [5.74, 6) is -3.89. The minimum absolute atomic E-state index is 0.0236. The van der Waals surface area contributed by atoms with Gasteiger partial charge in [0.25, 0.3) is 5.91 Å². The predicted molar refractivity (Wildman–Crippen MR) is 136 cm³/mol. The average molecular weight is 544 g/mol. The molecule has 38 heavy (non-hydrogen) atoms. The van der Waals surface area contributed by atoms with Crippen molar-refractivity contribution >= 4 is 39.4 Å². The minimum Gasteiger partial charge on any atom is -0.423 e. The quantitative estimate of drug-likeness (QED) is 0.307. The van der Waals surface area contributed by atoms with E-state index in [9.17, 15) is 31.6 Å². The summed E-state index contributed by atoms with van der Waals surface area (Å²) < 4.78 is 61.7. The number of benzene rings is 3. The fourth-order valence-corrected chi connectivity index (χ4v) is 4.28. The number of sulfone groups is 1. The Morgan fingerprint density at radius 3 is 2.05 bits per heavy atom. The predicted octanol–water partition coefficient (Wildman–Crippen LogP) is 4.70. The monoisotopic (exact) mass is 543 g/mol. The number of carbonyl (C=O) groups is 3. The van der Waals surface area contributed by atoms with Crippen molar-refractivity contribution in [3.8, 4) is 11.5 Å². The SMILES string of the molecule is CC(=O)Oc1ccc(/C=C/S(=O)(=O)CCc2ccc(NC(=O)c3cc(F)cc(F)c3)cc2)cc1OC(C)=O. The van der Waals surface area contributed by atoms with Crippen LogP contribution >= 0.6 is 0 Å². The number of carbonyl (C=O) groups excluding carboxylic acids is 3. The molecule has 0 aromatic heterocycles. The second-order valence-corrected chi connectivity index (χ2v) is 10.1. The van der Waals surface area contributed by atoms with Crippen molar-refractivity contribution in [2.24, 2.45) is 0 Å². The maximum Gasteiger partial charge on any atom is 0.308 e. The van der Waals surface area contributed by atoms with Gasteiger partial charge in [-0.3, -0.25) is 14.4 Å². The smallest absolute Gasteiger partial charge is 0.308 e. The molecule has 0 fully saturated rings. The summed E-state index contributed by atoms with van der Waals surface area (Å²) in [4.78, 5) is 34.8. The number of anilines is 1. The Labute approximate surface area is 217 Å². The van der Waals surface area contributed by atoms with Crippen molar-refractivity contribution in [1.29, 1.82) is 0 Å². The molecule has 1 N–H and O–H groups in total.